The van der Waals surface area contributed by atoms with Crippen LogP contribution < -0.4 is 19.9 Å². The lowest BCUT2D eigenvalue weighted by Crippen LogP contribution is -2.47. The number of aromatic nitrogens is 2. The second-order valence-electron chi connectivity index (χ2n) is 10.8. The molecule has 2 heterocycles. The number of nitrogens with zero attached hydrogens (tertiary/aromatic N) is 4. The fraction of sp³-hybridized carbons (Fsp3) is 0.200. The first-order valence-electron chi connectivity index (χ1n) is 14.9. The minimum absolute atomic E-state index is 0.209. The summed E-state index contributed by atoms with van der Waals surface area (Å²) in [5, 5.41) is 9.13. The predicted octanol–water partition coefficient (Wildman–Crippen LogP) is 6.77. The number of nitrogens with one attached hydrogen (secondary N) is 1. The average molecular weight is 606 g/mol. The van der Waals surface area contributed by atoms with Crippen LogP contribution in [-0.4, -0.2) is 40.3 Å². The Morgan fingerprint density at radius 2 is 1.76 bits per heavy atom. The van der Waals surface area contributed by atoms with Crippen LogP contribution in [0.15, 0.2) is 103 Å². The highest BCUT2D eigenvalue weighted by atomic mass is 19.1. The van der Waals surface area contributed by atoms with Gasteiger partial charge >= 0.3 is 6.03 Å². The number of unbranched alkanes of at least 4 members (excludes halogenated alkanes) is 1. The first-order valence-corrected chi connectivity index (χ1v) is 14.9. The maximum Gasteiger partial charge on any atom is 0.327 e. The van der Waals surface area contributed by atoms with Gasteiger partial charge in [0.05, 0.1) is 42.8 Å². The van der Waals surface area contributed by atoms with Crippen molar-refractivity contribution in [3.05, 3.63) is 115 Å². The predicted molar refractivity (Wildman–Crippen MR) is 171 cm³/mol. The molecule has 1 aliphatic heterocycles. The molecule has 0 spiro atoms. The smallest absolute Gasteiger partial charge is 0.327 e. The van der Waals surface area contributed by atoms with Gasteiger partial charge in [-0.05, 0) is 59.8 Å². The van der Waals surface area contributed by atoms with Crippen LogP contribution in [0.1, 0.15) is 31.7 Å². The van der Waals surface area contributed by atoms with Crippen LogP contribution >= 0.6 is 0 Å². The molecule has 10 heteroatoms. The molecule has 5 aromatic rings. The maximum absolute atomic E-state index is 14.1. The molecule has 9 nitrogen and oxygen atoms in total. The van der Waals surface area contributed by atoms with Gasteiger partial charge in [-0.25, -0.2) is 14.1 Å². The summed E-state index contributed by atoms with van der Waals surface area (Å²) in [5.74, 6) is -0.651. The first-order chi connectivity index (χ1) is 21.9. The third-order valence-electron chi connectivity index (χ3n) is 7.70. The number of imide groups is 1. The summed E-state index contributed by atoms with van der Waals surface area (Å²) < 4.78 is 20.8. The van der Waals surface area contributed by atoms with Crippen LogP contribution in [0.2, 0.25) is 0 Å². The molecule has 1 saturated heterocycles. The second kappa shape index (κ2) is 13.0. The van der Waals surface area contributed by atoms with Crippen LogP contribution in [0.25, 0.3) is 10.8 Å². The van der Waals surface area contributed by atoms with Crippen LogP contribution in [-0.2, 0) is 16.1 Å². The number of amides is 4. The van der Waals surface area contributed by atoms with Crippen molar-refractivity contribution >= 4 is 45.7 Å². The summed E-state index contributed by atoms with van der Waals surface area (Å²) in [7, 11) is 0. The van der Waals surface area contributed by atoms with Gasteiger partial charge in [-0.2, -0.15) is 5.10 Å². The van der Waals surface area contributed by atoms with Crippen molar-refractivity contribution in [1.29, 1.82) is 0 Å². The quantitative estimate of drug-likeness (QED) is 0.140. The molecule has 45 heavy (non-hydrogen) atoms. The Balaban J connectivity index is 1.30. The van der Waals surface area contributed by atoms with E-state index in [1.165, 1.54) is 23.2 Å². The lowest BCUT2D eigenvalue weighted by Gasteiger charge is -2.27. The Bertz CT molecular complexity index is 1830. The highest BCUT2D eigenvalue weighted by Crippen LogP contribution is 2.31. The number of anilines is 3. The summed E-state index contributed by atoms with van der Waals surface area (Å²) in [5.41, 5.74) is 2.10. The zero-order chi connectivity index (χ0) is 31.3. The number of fused-ring (bicyclic) bond motifs is 1. The highest BCUT2D eigenvalue weighted by Gasteiger charge is 2.45. The van der Waals surface area contributed by atoms with Crippen molar-refractivity contribution in [3.63, 3.8) is 0 Å². The largest absolute Gasteiger partial charge is 0.494 e. The summed E-state index contributed by atoms with van der Waals surface area (Å²) in [4.78, 5) is 43.7. The molecule has 0 radical (unpaired) electrons. The Morgan fingerprint density at radius 3 is 2.53 bits per heavy atom. The number of halogens is 1. The fourth-order valence-corrected chi connectivity index (χ4v) is 5.40. The molecule has 0 unspecified atom stereocenters. The van der Waals surface area contributed by atoms with E-state index >= 15 is 0 Å². The van der Waals surface area contributed by atoms with Gasteiger partial charge in [0.2, 0.25) is 5.91 Å². The minimum Gasteiger partial charge on any atom is -0.494 e. The highest BCUT2D eigenvalue weighted by molar-refractivity contribution is 6.25. The third-order valence-corrected chi connectivity index (χ3v) is 7.70. The van der Waals surface area contributed by atoms with Gasteiger partial charge in [0.1, 0.15) is 17.6 Å². The van der Waals surface area contributed by atoms with Gasteiger partial charge in [-0.3, -0.25) is 19.2 Å². The van der Waals surface area contributed by atoms with Crippen molar-refractivity contribution < 1.29 is 23.5 Å². The topological polar surface area (TPSA) is 96.8 Å². The number of carbonyl (C=O) groups excluding carboxylic acids is 3. The van der Waals surface area contributed by atoms with E-state index in [-0.39, 0.29) is 12.2 Å². The molecule has 0 bridgehead atoms. The minimum atomic E-state index is -1.11. The molecule has 6 rings (SSSR count). The molecule has 0 saturated carbocycles. The molecule has 0 aliphatic carbocycles. The number of urea groups is 1. The van der Waals surface area contributed by atoms with Gasteiger partial charge < -0.3 is 10.1 Å². The normalized spacial score (nSPS) is 14.6. The van der Waals surface area contributed by atoms with Gasteiger partial charge in [-0.15, -0.1) is 0 Å². The second-order valence-corrected chi connectivity index (χ2v) is 10.8. The van der Waals surface area contributed by atoms with E-state index in [2.05, 4.69) is 17.3 Å². The third kappa shape index (κ3) is 6.40. The van der Waals surface area contributed by atoms with Crippen molar-refractivity contribution in [3.8, 4) is 5.75 Å². The molecule has 1 aliphatic rings. The Hall–Kier alpha value is -5.51. The number of rotatable bonds is 10. The lowest BCUT2D eigenvalue weighted by molar-refractivity contribution is -0.121. The van der Waals surface area contributed by atoms with Crippen LogP contribution in [0.3, 0.4) is 0 Å². The van der Waals surface area contributed by atoms with E-state index in [9.17, 15) is 18.8 Å². The van der Waals surface area contributed by atoms with Crippen molar-refractivity contribution in [2.75, 3.05) is 21.7 Å². The number of ether oxygens (including phenoxy) is 1. The Morgan fingerprint density at radius 1 is 1.00 bits per heavy atom. The summed E-state index contributed by atoms with van der Waals surface area (Å²) in [6, 6.07) is 24.3. The van der Waals surface area contributed by atoms with Crippen LogP contribution in [0.5, 0.6) is 5.75 Å². The van der Waals surface area contributed by atoms with E-state index in [0.717, 1.165) is 34.1 Å². The van der Waals surface area contributed by atoms with E-state index in [1.807, 2.05) is 36.4 Å². The van der Waals surface area contributed by atoms with Crippen LogP contribution in [0.4, 0.5) is 26.2 Å². The SMILES string of the molecule is CCCCOc1ccc(N2C(=O)C[C@H](N(C(=O)Nc3cccc4ccccc34)c3cnn(Cc4ccc(F)cc4)c3)C2=O)cc1. The standard InChI is InChI=1S/C35H32FN5O4/c1-2-3-19-45-29-17-15-27(16-18-29)41-33(42)20-32(34(41)43)40(28-21-37-39(23-28)22-24-11-13-26(36)14-12-24)35(44)38-31-10-6-8-25-7-4-5-9-30(25)31/h4-18,21,23,32H,2-3,19-20,22H2,1H3,(H,38,44)/t32-/m0/s1. The van der Waals surface area contributed by atoms with Crippen molar-refractivity contribution in [2.24, 2.45) is 0 Å². The number of carbonyl (C=O) groups is 3. The van der Waals surface area contributed by atoms with Crippen LogP contribution in [0, 0.1) is 5.82 Å². The molecule has 228 valence electrons. The van der Waals surface area contributed by atoms with Gasteiger partial charge in [0.15, 0.2) is 0 Å². The molecule has 1 N–H and O–H groups in total. The zero-order valence-corrected chi connectivity index (χ0v) is 24.7. The van der Waals surface area contributed by atoms with E-state index < -0.39 is 23.9 Å². The summed E-state index contributed by atoms with van der Waals surface area (Å²) in [6.07, 6.45) is 4.83. The molecular formula is C35H32FN5O4. The number of hydrogen-bond acceptors (Lipinski definition) is 5. The van der Waals surface area contributed by atoms with Gasteiger partial charge in [0, 0.05) is 11.6 Å². The molecular weight excluding hydrogens is 573 g/mol. The molecule has 4 amide bonds. The van der Waals surface area contributed by atoms with Crippen molar-refractivity contribution in [1.82, 2.24) is 9.78 Å². The van der Waals surface area contributed by atoms with Gasteiger partial charge in [-0.1, -0.05) is 61.9 Å². The average Bonchev–Trinajstić information content (AvgIpc) is 3.62. The molecule has 1 aromatic heterocycles. The molecule has 4 aromatic carbocycles. The van der Waals surface area contributed by atoms with Crippen molar-refractivity contribution in [2.45, 2.75) is 38.8 Å². The zero-order valence-electron chi connectivity index (χ0n) is 24.7. The Kier molecular flexibility index (Phi) is 8.54. The fourth-order valence-electron chi connectivity index (χ4n) is 5.40. The number of hydrogen-bond donors (Lipinski definition) is 1. The Labute approximate surface area is 259 Å². The first kappa shape index (κ1) is 29.6. The monoisotopic (exact) mass is 605 g/mol. The molecule has 1 atom stereocenters. The number of benzene rings is 4. The van der Waals surface area contributed by atoms with Gasteiger partial charge in [0.25, 0.3) is 5.91 Å². The summed E-state index contributed by atoms with van der Waals surface area (Å²) >= 11 is 0. The van der Waals surface area contributed by atoms with E-state index in [4.69, 9.17) is 4.74 Å². The molecule has 1 fully saturated rings. The summed E-state index contributed by atoms with van der Waals surface area (Å²) in [6.45, 7) is 2.97. The maximum atomic E-state index is 14.1. The van der Waals surface area contributed by atoms with E-state index in [1.54, 1.807) is 53.3 Å². The lowest BCUT2D eigenvalue weighted by atomic mass is 10.1. The van der Waals surface area contributed by atoms with E-state index in [0.29, 0.717) is 36.0 Å².